The smallest absolute Gasteiger partial charge is 0.191 e. The normalized spacial score (nSPS) is 17.8. The van der Waals surface area contributed by atoms with Crippen LogP contribution in [0.5, 0.6) is 0 Å². The fraction of sp³-hybridized carbons (Fsp3) is 0.632. The molecule has 26 heavy (non-hydrogen) atoms. The summed E-state index contributed by atoms with van der Waals surface area (Å²) in [5, 5.41) is 17.4. The Morgan fingerprint density at radius 2 is 2.00 bits per heavy atom. The Balaban J connectivity index is 1.94. The van der Waals surface area contributed by atoms with Gasteiger partial charge in [-0.2, -0.15) is 0 Å². The summed E-state index contributed by atoms with van der Waals surface area (Å²) in [6, 6.07) is 7.34. The van der Waals surface area contributed by atoms with E-state index in [4.69, 9.17) is 21.3 Å². The lowest BCUT2D eigenvalue weighted by Crippen LogP contribution is -2.52. The van der Waals surface area contributed by atoms with Gasteiger partial charge in [0.15, 0.2) is 5.96 Å². The van der Waals surface area contributed by atoms with Crippen LogP contribution in [0.15, 0.2) is 29.3 Å². The Morgan fingerprint density at radius 1 is 1.31 bits per heavy atom. The molecule has 1 aliphatic rings. The number of rotatable bonds is 7. The zero-order chi connectivity index (χ0) is 19.0. The lowest BCUT2D eigenvalue weighted by atomic mass is 10.0. The Labute approximate surface area is 161 Å². The van der Waals surface area contributed by atoms with Gasteiger partial charge in [-0.05, 0) is 26.8 Å². The van der Waals surface area contributed by atoms with Gasteiger partial charge in [0.25, 0.3) is 0 Å². The fourth-order valence-corrected chi connectivity index (χ4v) is 3.19. The topological polar surface area (TPSA) is 69.1 Å². The minimum absolute atomic E-state index is 0.0481. The molecule has 1 aliphatic heterocycles. The van der Waals surface area contributed by atoms with E-state index in [2.05, 4.69) is 29.4 Å². The van der Waals surface area contributed by atoms with Gasteiger partial charge in [-0.15, -0.1) is 0 Å². The number of aliphatic hydroxyl groups is 1. The first kappa shape index (κ1) is 21.0. The molecule has 1 heterocycles. The maximum absolute atomic E-state index is 10.4. The van der Waals surface area contributed by atoms with Crippen molar-refractivity contribution in [3.05, 3.63) is 34.9 Å². The zero-order valence-corrected chi connectivity index (χ0v) is 16.7. The molecule has 0 spiro atoms. The van der Waals surface area contributed by atoms with Gasteiger partial charge in [0, 0.05) is 42.3 Å². The lowest BCUT2D eigenvalue weighted by Gasteiger charge is -2.39. The van der Waals surface area contributed by atoms with E-state index in [-0.39, 0.29) is 5.54 Å². The van der Waals surface area contributed by atoms with Crippen molar-refractivity contribution < 1.29 is 9.84 Å². The van der Waals surface area contributed by atoms with Crippen LogP contribution in [0.4, 0.5) is 0 Å². The van der Waals surface area contributed by atoms with E-state index in [1.54, 1.807) is 6.07 Å². The lowest BCUT2D eigenvalue weighted by molar-refractivity contribution is -0.00684. The molecule has 0 amide bonds. The van der Waals surface area contributed by atoms with Gasteiger partial charge in [-0.25, -0.2) is 0 Å². The molecule has 146 valence electrons. The molecule has 3 N–H and O–H groups in total. The maximum Gasteiger partial charge on any atom is 0.191 e. The highest BCUT2D eigenvalue weighted by atomic mass is 35.5. The standard InChI is InChI=1S/C19H31ClN4O2/c1-4-21-18(22-13-17(25)15-7-5-6-8-16(15)20)23-14-19(2,3)24-9-11-26-12-10-24/h5-8,17,25H,4,9-14H2,1-3H3,(H2,21,22,23). The first-order valence-corrected chi connectivity index (χ1v) is 9.59. The number of halogens is 1. The number of nitrogens with zero attached hydrogens (tertiary/aromatic N) is 2. The van der Waals surface area contributed by atoms with Crippen molar-refractivity contribution in [2.24, 2.45) is 4.99 Å². The number of hydrogen-bond donors (Lipinski definition) is 3. The number of guanidine groups is 1. The molecule has 1 aromatic carbocycles. The van der Waals surface area contributed by atoms with Crippen LogP contribution >= 0.6 is 11.6 Å². The van der Waals surface area contributed by atoms with Crippen LogP contribution in [-0.4, -0.2) is 67.4 Å². The molecule has 2 rings (SSSR count). The molecule has 0 aliphatic carbocycles. The third-order valence-electron chi connectivity index (χ3n) is 4.56. The summed E-state index contributed by atoms with van der Waals surface area (Å²) in [4.78, 5) is 7.12. The maximum atomic E-state index is 10.4. The Morgan fingerprint density at radius 3 is 2.65 bits per heavy atom. The largest absolute Gasteiger partial charge is 0.387 e. The van der Waals surface area contributed by atoms with Gasteiger partial charge >= 0.3 is 0 Å². The van der Waals surface area contributed by atoms with Crippen molar-refractivity contribution in [3.8, 4) is 0 Å². The van der Waals surface area contributed by atoms with E-state index >= 15 is 0 Å². The molecular weight excluding hydrogens is 352 g/mol. The highest BCUT2D eigenvalue weighted by Crippen LogP contribution is 2.22. The molecule has 1 aromatic rings. The number of nitrogens with one attached hydrogen (secondary N) is 2. The molecule has 0 bridgehead atoms. The summed E-state index contributed by atoms with van der Waals surface area (Å²) in [5.74, 6) is 0.694. The van der Waals surface area contributed by atoms with Gasteiger partial charge < -0.3 is 20.5 Å². The van der Waals surface area contributed by atoms with Gasteiger partial charge in [0.05, 0.1) is 25.9 Å². The summed E-state index contributed by atoms with van der Waals surface area (Å²) >= 11 is 6.15. The second-order valence-corrected chi connectivity index (χ2v) is 7.43. The molecule has 0 aromatic heterocycles. The summed E-state index contributed by atoms with van der Waals surface area (Å²) in [5.41, 5.74) is 0.666. The minimum Gasteiger partial charge on any atom is -0.387 e. The molecule has 1 fully saturated rings. The van der Waals surface area contributed by atoms with Crippen LogP contribution in [0.25, 0.3) is 0 Å². The van der Waals surface area contributed by atoms with Crippen LogP contribution in [0.3, 0.4) is 0 Å². The Hall–Kier alpha value is -1.34. The van der Waals surface area contributed by atoms with E-state index in [9.17, 15) is 5.11 Å². The number of ether oxygens (including phenoxy) is 1. The predicted molar refractivity (Wildman–Crippen MR) is 107 cm³/mol. The van der Waals surface area contributed by atoms with E-state index in [0.29, 0.717) is 29.6 Å². The fourth-order valence-electron chi connectivity index (χ4n) is 2.93. The molecular formula is C19H31ClN4O2. The van der Waals surface area contributed by atoms with Crippen molar-refractivity contribution in [3.63, 3.8) is 0 Å². The van der Waals surface area contributed by atoms with Crippen molar-refractivity contribution in [1.82, 2.24) is 15.5 Å². The third-order valence-corrected chi connectivity index (χ3v) is 4.91. The molecule has 1 saturated heterocycles. The van der Waals surface area contributed by atoms with Crippen LogP contribution in [0.2, 0.25) is 5.02 Å². The highest BCUT2D eigenvalue weighted by molar-refractivity contribution is 6.31. The molecule has 7 heteroatoms. The quantitative estimate of drug-likeness (QED) is 0.497. The van der Waals surface area contributed by atoms with Crippen molar-refractivity contribution in [2.45, 2.75) is 32.4 Å². The molecule has 0 radical (unpaired) electrons. The molecule has 1 unspecified atom stereocenters. The average Bonchev–Trinajstić information content (AvgIpc) is 2.65. The van der Waals surface area contributed by atoms with Gasteiger partial charge in [0.2, 0.25) is 0 Å². The number of aliphatic hydroxyl groups excluding tert-OH is 1. The molecule has 6 nitrogen and oxygen atoms in total. The zero-order valence-electron chi connectivity index (χ0n) is 16.0. The first-order valence-electron chi connectivity index (χ1n) is 9.21. The number of hydrogen-bond acceptors (Lipinski definition) is 4. The highest BCUT2D eigenvalue weighted by Gasteiger charge is 2.28. The second kappa shape index (κ2) is 10.1. The SMILES string of the molecule is CCNC(=NCC(C)(C)N1CCOCC1)NCC(O)c1ccccc1Cl. The summed E-state index contributed by atoms with van der Waals surface area (Å²) in [6.07, 6.45) is -0.695. The second-order valence-electron chi connectivity index (χ2n) is 7.03. The monoisotopic (exact) mass is 382 g/mol. The van der Waals surface area contributed by atoms with Crippen LogP contribution < -0.4 is 10.6 Å². The average molecular weight is 383 g/mol. The number of aliphatic imine (C=N–C) groups is 1. The van der Waals surface area contributed by atoms with E-state index < -0.39 is 6.10 Å². The van der Waals surface area contributed by atoms with Crippen molar-refractivity contribution in [1.29, 1.82) is 0 Å². The number of morpholine rings is 1. The molecule has 1 atom stereocenters. The van der Waals surface area contributed by atoms with Crippen molar-refractivity contribution >= 4 is 17.6 Å². The van der Waals surface area contributed by atoms with Crippen LogP contribution in [0.1, 0.15) is 32.4 Å². The summed E-state index contributed by atoms with van der Waals surface area (Å²) in [6.45, 7) is 11.6. The van der Waals surface area contributed by atoms with Gasteiger partial charge in [0.1, 0.15) is 0 Å². The first-order chi connectivity index (χ1) is 12.4. The van der Waals surface area contributed by atoms with Gasteiger partial charge in [-0.3, -0.25) is 9.89 Å². The Kier molecular flexibility index (Phi) is 8.15. The number of benzene rings is 1. The van der Waals surface area contributed by atoms with Crippen LogP contribution in [0, 0.1) is 0 Å². The Bertz CT molecular complexity index is 589. The minimum atomic E-state index is -0.695. The summed E-state index contributed by atoms with van der Waals surface area (Å²) in [7, 11) is 0. The van der Waals surface area contributed by atoms with E-state index in [1.165, 1.54) is 0 Å². The van der Waals surface area contributed by atoms with E-state index in [0.717, 1.165) is 32.8 Å². The third kappa shape index (κ3) is 6.13. The van der Waals surface area contributed by atoms with E-state index in [1.807, 2.05) is 25.1 Å². The van der Waals surface area contributed by atoms with Crippen LogP contribution in [-0.2, 0) is 4.74 Å². The van der Waals surface area contributed by atoms with Gasteiger partial charge in [-0.1, -0.05) is 29.8 Å². The predicted octanol–water partition coefficient (Wildman–Crippen LogP) is 2.04. The summed E-state index contributed by atoms with van der Waals surface area (Å²) < 4.78 is 5.43. The van der Waals surface area contributed by atoms with Crippen molar-refractivity contribution in [2.75, 3.05) is 45.9 Å². The molecule has 0 saturated carbocycles.